The number of rotatable bonds is 5. The van der Waals surface area contributed by atoms with Gasteiger partial charge in [0.1, 0.15) is 0 Å². The van der Waals surface area contributed by atoms with Gasteiger partial charge in [0.25, 0.3) is 0 Å². The summed E-state index contributed by atoms with van der Waals surface area (Å²) < 4.78 is 7.37. The monoisotopic (exact) mass is 237 g/mol. The first-order valence-electron chi connectivity index (χ1n) is 6.39. The van der Waals surface area contributed by atoms with Crippen molar-refractivity contribution in [1.29, 1.82) is 0 Å². The van der Waals surface area contributed by atoms with Gasteiger partial charge in [0.2, 0.25) is 0 Å². The van der Waals surface area contributed by atoms with E-state index in [1.165, 1.54) is 12.8 Å². The molecule has 0 saturated heterocycles. The van der Waals surface area contributed by atoms with Crippen molar-refractivity contribution in [2.75, 3.05) is 7.11 Å². The van der Waals surface area contributed by atoms with E-state index in [4.69, 9.17) is 4.74 Å². The number of nitrogens with zero attached hydrogens (tertiary/aromatic N) is 4. The lowest BCUT2D eigenvalue weighted by Gasteiger charge is -2.12. The quantitative estimate of drug-likeness (QED) is 0.815. The molecule has 3 rings (SSSR count). The first kappa shape index (κ1) is 11.1. The van der Waals surface area contributed by atoms with Crippen molar-refractivity contribution in [3.63, 3.8) is 0 Å². The number of tetrazole rings is 1. The van der Waals surface area contributed by atoms with Crippen molar-refractivity contribution >= 4 is 0 Å². The standard InChI is InChI=1S/C11H19N5O/c1-17-10-5-4-9(6-10)16-11(13-14-15-16)7-12-8-2-3-8/h8-10,12H,2-7H2,1H3. The van der Waals surface area contributed by atoms with Gasteiger partial charge in [-0.1, -0.05) is 0 Å². The van der Waals surface area contributed by atoms with Crippen LogP contribution in [0.5, 0.6) is 0 Å². The molecular formula is C11H19N5O. The molecule has 0 bridgehead atoms. The van der Waals surface area contributed by atoms with Gasteiger partial charge in [-0.15, -0.1) is 5.10 Å². The molecule has 1 heterocycles. The molecule has 0 amide bonds. The average molecular weight is 237 g/mol. The van der Waals surface area contributed by atoms with Crippen molar-refractivity contribution in [2.24, 2.45) is 0 Å². The molecule has 2 fully saturated rings. The van der Waals surface area contributed by atoms with E-state index in [0.29, 0.717) is 18.2 Å². The molecule has 1 N–H and O–H groups in total. The van der Waals surface area contributed by atoms with Gasteiger partial charge in [-0.25, -0.2) is 4.68 Å². The molecule has 0 aliphatic heterocycles. The molecule has 2 atom stereocenters. The largest absolute Gasteiger partial charge is 0.381 e. The minimum absolute atomic E-state index is 0.369. The molecule has 0 spiro atoms. The molecule has 94 valence electrons. The summed E-state index contributed by atoms with van der Waals surface area (Å²) in [7, 11) is 1.78. The highest BCUT2D eigenvalue weighted by Crippen LogP contribution is 2.31. The normalized spacial score (nSPS) is 28.8. The summed E-state index contributed by atoms with van der Waals surface area (Å²) in [6.45, 7) is 0.784. The van der Waals surface area contributed by atoms with Crippen LogP contribution in [-0.4, -0.2) is 39.5 Å². The van der Waals surface area contributed by atoms with Crippen LogP contribution in [0, 0.1) is 0 Å². The molecule has 6 nitrogen and oxygen atoms in total. The fourth-order valence-electron chi connectivity index (χ4n) is 2.49. The molecular weight excluding hydrogens is 218 g/mol. The van der Waals surface area contributed by atoms with Crippen LogP contribution in [-0.2, 0) is 11.3 Å². The van der Waals surface area contributed by atoms with E-state index in [9.17, 15) is 0 Å². The maximum absolute atomic E-state index is 5.39. The molecule has 2 aliphatic carbocycles. The van der Waals surface area contributed by atoms with Gasteiger partial charge >= 0.3 is 0 Å². The molecule has 0 radical (unpaired) electrons. The van der Waals surface area contributed by atoms with Crippen molar-refractivity contribution in [3.8, 4) is 0 Å². The lowest BCUT2D eigenvalue weighted by atomic mass is 10.2. The van der Waals surface area contributed by atoms with Crippen LogP contribution in [0.3, 0.4) is 0 Å². The van der Waals surface area contributed by atoms with Crippen molar-refractivity contribution < 1.29 is 4.74 Å². The van der Waals surface area contributed by atoms with Crippen LogP contribution < -0.4 is 5.32 Å². The zero-order valence-corrected chi connectivity index (χ0v) is 10.2. The summed E-state index contributed by atoms with van der Waals surface area (Å²) in [6.07, 6.45) is 6.19. The van der Waals surface area contributed by atoms with Crippen LogP contribution in [0.2, 0.25) is 0 Å². The van der Waals surface area contributed by atoms with Gasteiger partial charge < -0.3 is 10.1 Å². The van der Waals surface area contributed by atoms with Gasteiger partial charge in [0.05, 0.1) is 18.7 Å². The van der Waals surface area contributed by atoms with Crippen molar-refractivity contribution in [2.45, 2.75) is 56.8 Å². The Kier molecular flexibility index (Phi) is 3.07. The van der Waals surface area contributed by atoms with E-state index in [2.05, 4.69) is 20.8 Å². The summed E-state index contributed by atoms with van der Waals surface area (Å²) >= 11 is 0. The minimum Gasteiger partial charge on any atom is -0.381 e. The number of hydrogen-bond donors (Lipinski definition) is 1. The molecule has 2 saturated carbocycles. The Morgan fingerprint density at radius 3 is 2.94 bits per heavy atom. The topological polar surface area (TPSA) is 64.9 Å². The van der Waals surface area contributed by atoms with E-state index in [1.807, 2.05) is 4.68 Å². The third kappa shape index (κ3) is 2.47. The Hall–Kier alpha value is -1.01. The first-order valence-corrected chi connectivity index (χ1v) is 6.39. The van der Waals surface area contributed by atoms with Gasteiger partial charge in [0, 0.05) is 13.2 Å². The maximum Gasteiger partial charge on any atom is 0.165 e. The van der Waals surface area contributed by atoms with Crippen LogP contribution in [0.25, 0.3) is 0 Å². The number of ether oxygens (including phenoxy) is 1. The number of aromatic nitrogens is 4. The SMILES string of the molecule is COC1CCC(n2nnnc2CNC2CC2)C1. The molecule has 17 heavy (non-hydrogen) atoms. The summed E-state index contributed by atoms with van der Waals surface area (Å²) in [5, 5.41) is 15.5. The highest BCUT2D eigenvalue weighted by Gasteiger charge is 2.29. The van der Waals surface area contributed by atoms with E-state index >= 15 is 0 Å². The van der Waals surface area contributed by atoms with Gasteiger partial charge in [-0.05, 0) is 42.5 Å². The van der Waals surface area contributed by atoms with E-state index < -0.39 is 0 Å². The predicted octanol–water partition coefficient (Wildman–Crippen LogP) is 0.665. The fourth-order valence-corrected chi connectivity index (χ4v) is 2.49. The van der Waals surface area contributed by atoms with Gasteiger partial charge in [-0.2, -0.15) is 0 Å². The second kappa shape index (κ2) is 4.70. The molecule has 6 heteroatoms. The summed E-state index contributed by atoms with van der Waals surface area (Å²) in [5.74, 6) is 0.957. The second-order valence-electron chi connectivity index (χ2n) is 5.02. The van der Waals surface area contributed by atoms with Gasteiger partial charge in [0.15, 0.2) is 5.82 Å². The molecule has 1 aromatic rings. The van der Waals surface area contributed by atoms with Crippen molar-refractivity contribution in [3.05, 3.63) is 5.82 Å². The summed E-state index contributed by atoms with van der Waals surface area (Å²) in [6, 6.07) is 1.10. The Balaban J connectivity index is 1.63. The number of nitrogens with one attached hydrogen (secondary N) is 1. The third-order valence-corrected chi connectivity index (χ3v) is 3.72. The number of methoxy groups -OCH3 is 1. The summed E-state index contributed by atoms with van der Waals surface area (Å²) in [4.78, 5) is 0. The smallest absolute Gasteiger partial charge is 0.165 e. The highest BCUT2D eigenvalue weighted by atomic mass is 16.5. The minimum atomic E-state index is 0.369. The van der Waals surface area contributed by atoms with Crippen LogP contribution in [0.15, 0.2) is 0 Å². The Morgan fingerprint density at radius 1 is 1.35 bits per heavy atom. The maximum atomic E-state index is 5.39. The lowest BCUT2D eigenvalue weighted by Crippen LogP contribution is -2.21. The predicted molar refractivity (Wildman–Crippen MR) is 61.4 cm³/mol. The average Bonchev–Trinajstić information content (AvgIpc) is 2.89. The Morgan fingerprint density at radius 2 is 2.24 bits per heavy atom. The third-order valence-electron chi connectivity index (χ3n) is 3.72. The van der Waals surface area contributed by atoms with Crippen molar-refractivity contribution in [1.82, 2.24) is 25.5 Å². The highest BCUT2D eigenvalue weighted by molar-refractivity contribution is 4.91. The van der Waals surface area contributed by atoms with E-state index in [1.54, 1.807) is 7.11 Å². The Bertz CT molecular complexity index is 376. The number of hydrogen-bond acceptors (Lipinski definition) is 5. The lowest BCUT2D eigenvalue weighted by molar-refractivity contribution is 0.105. The van der Waals surface area contributed by atoms with Gasteiger partial charge in [-0.3, -0.25) is 0 Å². The first-order chi connectivity index (χ1) is 8.36. The second-order valence-corrected chi connectivity index (χ2v) is 5.02. The molecule has 2 unspecified atom stereocenters. The van der Waals surface area contributed by atoms with E-state index in [0.717, 1.165) is 31.6 Å². The molecule has 1 aromatic heterocycles. The fraction of sp³-hybridized carbons (Fsp3) is 0.909. The van der Waals surface area contributed by atoms with Crippen LogP contribution in [0.4, 0.5) is 0 Å². The van der Waals surface area contributed by atoms with Crippen LogP contribution in [0.1, 0.15) is 44.0 Å². The van der Waals surface area contributed by atoms with E-state index in [-0.39, 0.29) is 0 Å². The van der Waals surface area contributed by atoms with Crippen LogP contribution >= 0.6 is 0 Å². The zero-order valence-electron chi connectivity index (χ0n) is 10.2. The zero-order chi connectivity index (χ0) is 11.7. The summed E-state index contributed by atoms with van der Waals surface area (Å²) in [5.41, 5.74) is 0. The molecule has 2 aliphatic rings. The molecule has 0 aromatic carbocycles. The Labute approximate surface area is 101 Å².